The third-order valence-electron chi connectivity index (χ3n) is 8.21. The van der Waals surface area contributed by atoms with Crippen molar-refractivity contribution in [2.45, 2.75) is 66.1 Å². The van der Waals surface area contributed by atoms with Gasteiger partial charge in [-0.3, -0.25) is 4.79 Å². The molecule has 1 heterocycles. The maximum atomic E-state index is 12.6. The van der Waals surface area contributed by atoms with Gasteiger partial charge in [0.05, 0.1) is 25.5 Å². The summed E-state index contributed by atoms with van der Waals surface area (Å²) in [5.41, 5.74) is 2.53. The third-order valence-corrected chi connectivity index (χ3v) is 8.21. The van der Waals surface area contributed by atoms with Gasteiger partial charge in [-0.25, -0.2) is 0 Å². The predicted octanol–water partition coefficient (Wildman–Crippen LogP) is 4.33. The summed E-state index contributed by atoms with van der Waals surface area (Å²) >= 11 is 0. The number of nitrogens with zero attached hydrogens (tertiary/aromatic N) is 3. The van der Waals surface area contributed by atoms with Crippen molar-refractivity contribution in [1.29, 1.82) is 0 Å². The zero-order chi connectivity index (χ0) is 23.8. The van der Waals surface area contributed by atoms with Gasteiger partial charge in [-0.15, -0.1) is 0 Å². The number of carbonyl (C=O) groups is 1. The molecule has 3 fully saturated rings. The van der Waals surface area contributed by atoms with Crippen LogP contribution in [0.4, 0.5) is 0 Å². The van der Waals surface area contributed by atoms with Crippen molar-refractivity contribution in [3.63, 3.8) is 0 Å². The number of ether oxygens (including phenoxy) is 3. The summed E-state index contributed by atoms with van der Waals surface area (Å²) in [4.78, 5) is 14.4. The van der Waals surface area contributed by atoms with Gasteiger partial charge in [0.15, 0.2) is 18.1 Å². The number of morpholine rings is 1. The number of hydrogen-bond donors (Lipinski definition) is 0. The fraction of sp³-hybridized carbons (Fsp3) is 0.654. The molecule has 0 spiro atoms. The van der Waals surface area contributed by atoms with Crippen LogP contribution in [0.25, 0.3) is 0 Å². The molecule has 0 N–H and O–H groups in total. The first kappa shape index (κ1) is 23.7. The van der Waals surface area contributed by atoms with E-state index in [1.807, 2.05) is 32.0 Å². The first-order chi connectivity index (χ1) is 15.6. The van der Waals surface area contributed by atoms with E-state index in [0.717, 1.165) is 12.0 Å². The summed E-state index contributed by atoms with van der Waals surface area (Å²) in [6.07, 6.45) is 5.34. The van der Waals surface area contributed by atoms with Crippen LogP contribution in [0.1, 0.15) is 59.4 Å². The zero-order valence-corrected chi connectivity index (χ0v) is 20.8. The standard InChI is InChI=1S/C26H37N3O4/c1-17-14-29(15-18(2)33-17)24(30)16-32-21-8-7-19(11-22(21)31-6)13-27-28-23-12-20-9-10-26(23,5)25(20,3)4/h7-8,11,13,17-18,20H,9-10,12,14-16H2,1-6H3/b27-13-,28-23+/t17-,18+,20-,26+/m0/s1. The van der Waals surface area contributed by atoms with Gasteiger partial charge < -0.3 is 19.1 Å². The highest BCUT2D eigenvalue weighted by molar-refractivity contribution is 5.94. The summed E-state index contributed by atoms with van der Waals surface area (Å²) in [6, 6.07) is 5.57. The Morgan fingerprint density at radius 1 is 1.21 bits per heavy atom. The highest BCUT2D eigenvalue weighted by Crippen LogP contribution is 2.64. The summed E-state index contributed by atoms with van der Waals surface area (Å²) < 4.78 is 17.0. The smallest absolute Gasteiger partial charge is 0.260 e. The molecule has 2 bridgehead atoms. The Kier molecular flexibility index (Phi) is 6.54. The molecule has 7 heteroatoms. The number of amides is 1. The number of benzene rings is 1. The molecular weight excluding hydrogens is 418 g/mol. The van der Waals surface area contributed by atoms with E-state index >= 15 is 0 Å². The molecule has 180 valence electrons. The minimum absolute atomic E-state index is 0.0300. The average molecular weight is 456 g/mol. The zero-order valence-electron chi connectivity index (χ0n) is 20.8. The summed E-state index contributed by atoms with van der Waals surface area (Å²) in [7, 11) is 1.59. The lowest BCUT2D eigenvalue weighted by atomic mass is 9.70. The molecule has 2 aliphatic carbocycles. The van der Waals surface area contributed by atoms with Crippen molar-refractivity contribution in [2.75, 3.05) is 26.8 Å². The number of rotatable bonds is 6. The second-order valence-corrected chi connectivity index (χ2v) is 10.5. The van der Waals surface area contributed by atoms with E-state index in [4.69, 9.17) is 14.2 Å². The van der Waals surface area contributed by atoms with Gasteiger partial charge >= 0.3 is 0 Å². The van der Waals surface area contributed by atoms with Gasteiger partial charge in [-0.1, -0.05) is 20.8 Å². The van der Waals surface area contributed by atoms with Crippen LogP contribution in [-0.2, 0) is 9.53 Å². The van der Waals surface area contributed by atoms with E-state index in [1.165, 1.54) is 18.6 Å². The monoisotopic (exact) mass is 455 g/mol. The third kappa shape index (κ3) is 4.52. The predicted molar refractivity (Wildman–Crippen MR) is 129 cm³/mol. The summed E-state index contributed by atoms with van der Waals surface area (Å²) in [5, 5.41) is 9.03. The van der Waals surface area contributed by atoms with E-state index in [9.17, 15) is 4.79 Å². The Bertz CT molecular complexity index is 947. The molecule has 4 atom stereocenters. The van der Waals surface area contributed by atoms with Crippen LogP contribution >= 0.6 is 0 Å². The largest absolute Gasteiger partial charge is 0.493 e. The van der Waals surface area contributed by atoms with Crippen LogP contribution in [0.2, 0.25) is 0 Å². The number of hydrogen-bond acceptors (Lipinski definition) is 6. The molecule has 0 radical (unpaired) electrons. The molecule has 1 saturated heterocycles. The van der Waals surface area contributed by atoms with Crippen LogP contribution in [0, 0.1) is 16.7 Å². The fourth-order valence-corrected chi connectivity index (χ4v) is 5.74. The van der Waals surface area contributed by atoms with Gasteiger partial charge in [-0.05, 0) is 68.2 Å². The Morgan fingerprint density at radius 2 is 1.94 bits per heavy atom. The highest BCUT2D eigenvalue weighted by Gasteiger charge is 2.60. The first-order valence-corrected chi connectivity index (χ1v) is 12.0. The van der Waals surface area contributed by atoms with Crippen molar-refractivity contribution in [1.82, 2.24) is 4.90 Å². The normalized spacial score (nSPS) is 32.0. The summed E-state index contributed by atoms with van der Waals surface area (Å²) in [6.45, 7) is 12.1. The maximum Gasteiger partial charge on any atom is 0.260 e. The average Bonchev–Trinajstić information content (AvgIpc) is 3.10. The molecule has 1 aromatic carbocycles. The van der Waals surface area contributed by atoms with Gasteiger partial charge in [-0.2, -0.15) is 10.2 Å². The van der Waals surface area contributed by atoms with Gasteiger partial charge in [0.25, 0.3) is 5.91 Å². The molecule has 7 nitrogen and oxygen atoms in total. The Labute approximate surface area is 197 Å². The van der Waals surface area contributed by atoms with E-state index in [-0.39, 0.29) is 35.6 Å². The second-order valence-electron chi connectivity index (χ2n) is 10.5. The van der Waals surface area contributed by atoms with Gasteiger partial charge in [0, 0.05) is 24.2 Å². The SMILES string of the molecule is COc1cc(/C=N\N=C2/C[C@@H]3CC[C@@]2(C)C3(C)C)ccc1OCC(=O)N1C[C@@H](C)O[C@@H](C)C1. The molecule has 1 aliphatic heterocycles. The van der Waals surface area contributed by atoms with Crippen molar-refractivity contribution in [3.05, 3.63) is 23.8 Å². The van der Waals surface area contributed by atoms with Crippen molar-refractivity contribution in [3.8, 4) is 11.5 Å². The molecule has 2 saturated carbocycles. The number of carbonyl (C=O) groups excluding carboxylic acids is 1. The Hall–Kier alpha value is -2.41. The first-order valence-electron chi connectivity index (χ1n) is 12.0. The fourth-order valence-electron chi connectivity index (χ4n) is 5.74. The highest BCUT2D eigenvalue weighted by atomic mass is 16.5. The Morgan fingerprint density at radius 3 is 2.55 bits per heavy atom. The van der Waals surface area contributed by atoms with E-state index in [0.29, 0.717) is 30.5 Å². The lowest BCUT2D eigenvalue weighted by molar-refractivity contribution is -0.145. The number of methoxy groups -OCH3 is 1. The Balaban J connectivity index is 1.39. The topological polar surface area (TPSA) is 72.7 Å². The van der Waals surface area contributed by atoms with Crippen LogP contribution in [0.5, 0.6) is 11.5 Å². The molecule has 1 amide bonds. The minimum atomic E-state index is -0.0530. The van der Waals surface area contributed by atoms with Crippen LogP contribution in [-0.4, -0.2) is 61.7 Å². The van der Waals surface area contributed by atoms with Gasteiger partial charge in [0.2, 0.25) is 0 Å². The van der Waals surface area contributed by atoms with Crippen LogP contribution < -0.4 is 9.47 Å². The lowest BCUT2D eigenvalue weighted by Gasteiger charge is -2.35. The van der Waals surface area contributed by atoms with E-state index in [1.54, 1.807) is 18.2 Å². The molecule has 1 aromatic rings. The molecule has 4 rings (SSSR count). The van der Waals surface area contributed by atoms with Crippen molar-refractivity contribution in [2.24, 2.45) is 27.0 Å². The van der Waals surface area contributed by atoms with Crippen molar-refractivity contribution < 1.29 is 19.0 Å². The lowest BCUT2D eigenvalue weighted by Crippen LogP contribution is -2.49. The number of fused-ring (bicyclic) bond motifs is 2. The molecule has 33 heavy (non-hydrogen) atoms. The van der Waals surface area contributed by atoms with Crippen LogP contribution in [0.15, 0.2) is 28.4 Å². The van der Waals surface area contributed by atoms with Crippen LogP contribution in [0.3, 0.4) is 0 Å². The molecule has 0 aromatic heterocycles. The van der Waals surface area contributed by atoms with E-state index < -0.39 is 0 Å². The second kappa shape index (κ2) is 9.09. The van der Waals surface area contributed by atoms with Gasteiger partial charge in [0.1, 0.15) is 0 Å². The molecule has 3 aliphatic rings. The van der Waals surface area contributed by atoms with Crippen molar-refractivity contribution >= 4 is 17.8 Å². The van der Waals surface area contributed by atoms with E-state index in [2.05, 4.69) is 31.0 Å². The summed E-state index contributed by atoms with van der Waals surface area (Å²) in [5.74, 6) is 1.75. The quantitative estimate of drug-likeness (QED) is 0.473. The maximum absolute atomic E-state index is 12.6. The molecular formula is C26H37N3O4. The molecule has 0 unspecified atom stereocenters. The minimum Gasteiger partial charge on any atom is -0.493 e.